The van der Waals surface area contributed by atoms with Gasteiger partial charge in [-0.2, -0.15) is 27.0 Å². The number of likely N-dealkylation sites (tertiary alicyclic amines) is 2. The second-order valence-electron chi connectivity index (χ2n) is 15.8. The summed E-state index contributed by atoms with van der Waals surface area (Å²) in [4.78, 5) is 55.6. The van der Waals surface area contributed by atoms with Gasteiger partial charge in [0.05, 0.1) is 39.7 Å². The van der Waals surface area contributed by atoms with Crippen LogP contribution in [0.5, 0.6) is 0 Å². The summed E-state index contributed by atoms with van der Waals surface area (Å²) in [5, 5.41) is 0.930. The van der Waals surface area contributed by atoms with Crippen molar-refractivity contribution in [1.29, 1.82) is 0 Å². The van der Waals surface area contributed by atoms with E-state index in [4.69, 9.17) is 29.4 Å². The summed E-state index contributed by atoms with van der Waals surface area (Å²) in [6, 6.07) is 18.0. The molecule has 2 aliphatic rings. The smallest absolute Gasteiger partial charge is 0.410 e. The molecule has 3 aromatic carbocycles. The van der Waals surface area contributed by atoms with E-state index in [9.17, 15) is 9.59 Å². The minimum Gasteiger partial charge on any atom is -0.444 e. The molecule has 0 bridgehead atoms. The van der Waals surface area contributed by atoms with E-state index in [0.29, 0.717) is 18.9 Å². The van der Waals surface area contributed by atoms with Crippen molar-refractivity contribution in [3.05, 3.63) is 72.4 Å². The number of benzene rings is 3. The number of aromatic amines is 2. The number of hydrogen-bond donors (Lipinski definition) is 2. The van der Waals surface area contributed by atoms with Gasteiger partial charge in [0.25, 0.3) is 0 Å². The molecule has 8 rings (SSSR count). The molecular formula is C40H48N8O4S2. The number of nitrogens with zero attached hydrogens (tertiary/aromatic N) is 6. The molecule has 284 valence electrons. The lowest BCUT2D eigenvalue weighted by Crippen LogP contribution is -2.36. The highest BCUT2D eigenvalue weighted by Gasteiger charge is 2.36. The Labute approximate surface area is 328 Å². The minimum atomic E-state index is -0.558. The Hall–Kier alpha value is -4.82. The fourth-order valence-electron chi connectivity index (χ4n) is 7.23. The Morgan fingerprint density at radius 2 is 1.11 bits per heavy atom. The van der Waals surface area contributed by atoms with E-state index >= 15 is 0 Å². The normalized spacial score (nSPS) is 17.5. The predicted molar refractivity (Wildman–Crippen MR) is 220 cm³/mol. The lowest BCUT2D eigenvalue weighted by atomic mass is 10.0. The first-order valence-electron chi connectivity index (χ1n) is 18.0. The molecule has 54 heavy (non-hydrogen) atoms. The second-order valence-corrected chi connectivity index (χ2v) is 15.8. The zero-order valence-electron chi connectivity index (χ0n) is 31.5. The number of fused-ring (bicyclic) bond motifs is 3. The average molecular weight is 769 g/mol. The summed E-state index contributed by atoms with van der Waals surface area (Å²) in [5.74, 6) is 2.16. The van der Waals surface area contributed by atoms with Crippen LogP contribution in [0.4, 0.5) is 9.59 Å². The number of aromatic nitrogens is 6. The molecule has 2 fully saturated rings. The standard InChI is InChI=1S/C40H44N8O4.2H2S/c1-39(2,3)51-37(49)47-17-7-9-32(47)35-43-28-15-12-24(20-30(28)45-35)23-11-14-27-26(19-23)22-41-34(42-27)25-13-16-29-31(21-25)46-36(44-29)33-10-8-18-48(33)38(50)52-40(4,5)6;;/h11-16,19-22,32-33H,7-10,17-18H2,1-6H3,(H,43,45)(H,44,46);2*1H2/t32-,33-;;/m0../s1. The number of H-pyrrole nitrogens is 2. The fraction of sp³-hybridized carbons (Fsp3) is 0.400. The zero-order valence-corrected chi connectivity index (χ0v) is 33.5. The maximum Gasteiger partial charge on any atom is 0.410 e. The molecule has 2 amide bonds. The third-order valence-electron chi connectivity index (χ3n) is 9.56. The molecule has 14 heteroatoms. The van der Waals surface area contributed by atoms with E-state index in [1.165, 1.54) is 0 Å². The fourth-order valence-corrected chi connectivity index (χ4v) is 7.23. The summed E-state index contributed by atoms with van der Waals surface area (Å²) in [6.07, 6.45) is 4.71. The van der Waals surface area contributed by atoms with Crippen LogP contribution in [0.25, 0.3) is 55.5 Å². The Kier molecular flexibility index (Phi) is 10.6. The van der Waals surface area contributed by atoms with Gasteiger partial charge in [-0.3, -0.25) is 9.80 Å². The van der Waals surface area contributed by atoms with E-state index in [0.717, 1.165) is 87.0 Å². The van der Waals surface area contributed by atoms with E-state index < -0.39 is 11.2 Å². The third-order valence-corrected chi connectivity index (χ3v) is 9.56. The number of rotatable bonds is 4. The molecule has 0 radical (unpaired) electrons. The summed E-state index contributed by atoms with van der Waals surface area (Å²) in [7, 11) is 0. The molecule has 2 aliphatic heterocycles. The summed E-state index contributed by atoms with van der Waals surface area (Å²) in [6.45, 7) is 12.6. The van der Waals surface area contributed by atoms with Gasteiger partial charge in [0.2, 0.25) is 0 Å². The maximum atomic E-state index is 12.9. The van der Waals surface area contributed by atoms with Crippen LogP contribution >= 0.6 is 27.0 Å². The Morgan fingerprint density at radius 3 is 1.63 bits per heavy atom. The minimum absolute atomic E-state index is 0. The van der Waals surface area contributed by atoms with Crippen molar-refractivity contribution in [2.45, 2.75) is 90.5 Å². The van der Waals surface area contributed by atoms with Crippen LogP contribution in [0.15, 0.2) is 60.8 Å². The van der Waals surface area contributed by atoms with Gasteiger partial charge in [0.1, 0.15) is 22.9 Å². The summed E-state index contributed by atoms with van der Waals surface area (Å²) >= 11 is 0. The highest BCUT2D eigenvalue weighted by atomic mass is 32.1. The van der Waals surface area contributed by atoms with Crippen LogP contribution in [0.1, 0.15) is 91.0 Å². The molecule has 0 unspecified atom stereocenters. The van der Waals surface area contributed by atoms with Crippen LogP contribution in [-0.2, 0) is 9.47 Å². The van der Waals surface area contributed by atoms with Gasteiger partial charge < -0.3 is 19.4 Å². The molecule has 3 aromatic heterocycles. The van der Waals surface area contributed by atoms with Crippen molar-refractivity contribution in [3.63, 3.8) is 0 Å². The highest BCUT2D eigenvalue weighted by Crippen LogP contribution is 2.36. The Bertz CT molecular complexity index is 2180. The molecular weight excluding hydrogens is 721 g/mol. The first-order chi connectivity index (χ1) is 24.8. The third kappa shape index (κ3) is 7.85. The van der Waals surface area contributed by atoms with Crippen LogP contribution in [-0.4, -0.2) is 76.2 Å². The Morgan fingerprint density at radius 1 is 0.648 bits per heavy atom. The van der Waals surface area contributed by atoms with Gasteiger partial charge in [-0.25, -0.2) is 29.5 Å². The molecule has 0 saturated carbocycles. The van der Waals surface area contributed by atoms with E-state index in [-0.39, 0.29) is 51.3 Å². The lowest BCUT2D eigenvalue weighted by molar-refractivity contribution is 0.0208. The largest absolute Gasteiger partial charge is 0.444 e. The van der Waals surface area contributed by atoms with Crippen LogP contribution < -0.4 is 0 Å². The number of amides is 2. The summed E-state index contributed by atoms with van der Waals surface area (Å²) < 4.78 is 11.3. The number of carbonyl (C=O) groups is 2. The quantitative estimate of drug-likeness (QED) is 0.181. The number of carbonyl (C=O) groups excluding carboxylic acids is 2. The first-order valence-corrected chi connectivity index (χ1v) is 18.0. The average Bonchev–Trinajstić information content (AvgIpc) is 3.90. The predicted octanol–water partition coefficient (Wildman–Crippen LogP) is 9.09. The van der Waals surface area contributed by atoms with Crippen LogP contribution in [0.3, 0.4) is 0 Å². The van der Waals surface area contributed by atoms with Gasteiger partial charge in [0.15, 0.2) is 5.82 Å². The van der Waals surface area contributed by atoms with E-state index in [1.807, 2.05) is 78.1 Å². The van der Waals surface area contributed by atoms with Gasteiger partial charge in [0, 0.05) is 30.2 Å². The van der Waals surface area contributed by atoms with Gasteiger partial charge in [-0.15, -0.1) is 0 Å². The lowest BCUT2D eigenvalue weighted by Gasteiger charge is -2.27. The van der Waals surface area contributed by atoms with Gasteiger partial charge in [-0.1, -0.05) is 12.1 Å². The zero-order chi connectivity index (χ0) is 36.4. The molecule has 2 saturated heterocycles. The van der Waals surface area contributed by atoms with Gasteiger partial charge >= 0.3 is 12.2 Å². The molecule has 6 aromatic rings. The molecule has 2 N–H and O–H groups in total. The van der Waals surface area contributed by atoms with E-state index in [1.54, 1.807) is 9.80 Å². The topological polar surface area (TPSA) is 142 Å². The molecule has 0 aliphatic carbocycles. The molecule has 12 nitrogen and oxygen atoms in total. The van der Waals surface area contributed by atoms with Crippen molar-refractivity contribution in [1.82, 2.24) is 39.7 Å². The second kappa shape index (κ2) is 14.8. The van der Waals surface area contributed by atoms with E-state index in [2.05, 4.69) is 34.2 Å². The summed E-state index contributed by atoms with van der Waals surface area (Å²) in [5.41, 5.74) is 6.14. The van der Waals surface area contributed by atoms with Crippen molar-refractivity contribution < 1.29 is 19.1 Å². The molecule has 0 spiro atoms. The first kappa shape index (κ1) is 38.9. The Balaban J connectivity index is 0.00000249. The van der Waals surface area contributed by atoms with Crippen molar-refractivity contribution in [2.24, 2.45) is 0 Å². The highest BCUT2D eigenvalue weighted by molar-refractivity contribution is 7.59. The monoisotopic (exact) mass is 768 g/mol. The number of nitrogens with one attached hydrogen (secondary N) is 2. The van der Waals surface area contributed by atoms with Crippen molar-refractivity contribution in [3.8, 4) is 22.5 Å². The number of imidazole rings is 2. The van der Waals surface area contributed by atoms with Crippen LogP contribution in [0, 0.1) is 0 Å². The molecule has 2 atom stereocenters. The van der Waals surface area contributed by atoms with Crippen molar-refractivity contribution >= 4 is 72.1 Å². The number of ether oxygens (including phenoxy) is 2. The van der Waals surface area contributed by atoms with Crippen molar-refractivity contribution in [2.75, 3.05) is 13.1 Å². The SMILES string of the molecule is CC(C)(C)OC(=O)N1CCC[C@H]1c1nc2ccc(-c3ccc4nc(-c5ccc6nc([C@@H]7CCCN7C(=O)OC(C)(C)C)[nH]c6c5)ncc4c3)cc2[nH]1.S.S. The number of hydrogen-bond acceptors (Lipinski definition) is 8. The molecule has 5 heterocycles. The van der Waals surface area contributed by atoms with Crippen LogP contribution in [0.2, 0.25) is 0 Å². The maximum absolute atomic E-state index is 12.9. The van der Waals surface area contributed by atoms with Gasteiger partial charge in [-0.05, 0) is 121 Å².